The fourth-order valence-corrected chi connectivity index (χ4v) is 3.68. The van der Waals surface area contributed by atoms with E-state index in [2.05, 4.69) is 48.0 Å². The topological polar surface area (TPSA) is 32.6 Å². The first-order chi connectivity index (χ1) is 13.7. The maximum atomic E-state index is 5.45. The van der Waals surface area contributed by atoms with Gasteiger partial charge in [0.05, 0.1) is 32.5 Å². The molecule has 142 valence electrons. The van der Waals surface area contributed by atoms with E-state index >= 15 is 0 Å². The number of rotatable bonds is 5. The van der Waals surface area contributed by atoms with E-state index in [0.29, 0.717) is 0 Å². The minimum absolute atomic E-state index is 0.843. The zero-order chi connectivity index (χ0) is 19.7. The van der Waals surface area contributed by atoms with E-state index in [9.17, 15) is 0 Å². The Balaban J connectivity index is 2.01. The van der Waals surface area contributed by atoms with Crippen LogP contribution in [-0.4, -0.2) is 25.9 Å². The van der Waals surface area contributed by atoms with Crippen LogP contribution in [0.5, 0.6) is 17.2 Å². The van der Waals surface area contributed by atoms with Gasteiger partial charge < -0.3 is 18.8 Å². The molecule has 4 aromatic rings. The van der Waals surface area contributed by atoms with Crippen LogP contribution in [0.25, 0.3) is 33.3 Å². The Morgan fingerprint density at radius 3 is 1.64 bits per heavy atom. The van der Waals surface area contributed by atoms with Gasteiger partial charge in [-0.25, -0.2) is 0 Å². The summed E-state index contributed by atoms with van der Waals surface area (Å²) in [7, 11) is 7.15. The second kappa shape index (κ2) is 7.31. The summed E-state index contributed by atoms with van der Waals surface area (Å²) < 4.78 is 18.3. The second-order valence-corrected chi connectivity index (χ2v) is 6.62. The first-order valence-corrected chi connectivity index (χ1v) is 9.11. The summed E-state index contributed by atoms with van der Waals surface area (Å²) in [5.74, 6) is 2.53. The first-order valence-electron chi connectivity index (χ1n) is 9.11. The van der Waals surface area contributed by atoms with Gasteiger partial charge in [0, 0.05) is 24.1 Å². The van der Waals surface area contributed by atoms with E-state index in [1.807, 2.05) is 30.3 Å². The van der Waals surface area contributed by atoms with Gasteiger partial charge in [0.25, 0.3) is 0 Å². The number of aryl methyl sites for hydroxylation is 1. The number of benzene rings is 3. The molecule has 0 spiro atoms. The quantitative estimate of drug-likeness (QED) is 0.460. The number of aromatic nitrogens is 1. The Labute approximate surface area is 164 Å². The van der Waals surface area contributed by atoms with Crippen LogP contribution in [0.15, 0.2) is 66.7 Å². The third-order valence-electron chi connectivity index (χ3n) is 5.15. The summed E-state index contributed by atoms with van der Waals surface area (Å²) in [5, 5.41) is 1.18. The first kappa shape index (κ1) is 18.0. The average molecular weight is 373 g/mol. The summed E-state index contributed by atoms with van der Waals surface area (Å²) in [6.45, 7) is 0. The predicted octanol–water partition coefficient (Wildman–Crippen LogP) is 5.54. The number of hydrogen-bond donors (Lipinski definition) is 0. The van der Waals surface area contributed by atoms with Gasteiger partial charge in [0.1, 0.15) is 17.2 Å². The largest absolute Gasteiger partial charge is 0.497 e. The smallest absolute Gasteiger partial charge is 0.120 e. The molecule has 0 fully saturated rings. The lowest BCUT2D eigenvalue weighted by molar-refractivity contribution is 0.414. The molecule has 4 heteroatoms. The third kappa shape index (κ3) is 2.97. The molecule has 0 bridgehead atoms. The number of hydrogen-bond acceptors (Lipinski definition) is 3. The number of fused-ring (bicyclic) bond motifs is 1. The van der Waals surface area contributed by atoms with Crippen LogP contribution in [0.2, 0.25) is 0 Å². The average Bonchev–Trinajstić information content (AvgIpc) is 3.05. The molecule has 0 saturated carbocycles. The molecule has 0 saturated heterocycles. The van der Waals surface area contributed by atoms with Crippen molar-refractivity contribution in [1.29, 1.82) is 0 Å². The summed E-state index contributed by atoms with van der Waals surface area (Å²) in [4.78, 5) is 0. The highest BCUT2D eigenvalue weighted by Gasteiger charge is 2.19. The van der Waals surface area contributed by atoms with Gasteiger partial charge in [0.2, 0.25) is 0 Å². The Bertz CT molecular complexity index is 1110. The van der Waals surface area contributed by atoms with E-state index in [1.54, 1.807) is 21.3 Å². The Kier molecular flexibility index (Phi) is 4.70. The Morgan fingerprint density at radius 1 is 0.607 bits per heavy atom. The van der Waals surface area contributed by atoms with E-state index in [0.717, 1.165) is 39.6 Å². The molecule has 1 heterocycles. The van der Waals surface area contributed by atoms with E-state index in [-0.39, 0.29) is 0 Å². The SMILES string of the molecule is COc1ccc(-c2c(-c3ccc(OC)cc3)n(C)c3cc(OC)ccc23)cc1. The maximum absolute atomic E-state index is 5.45. The molecule has 0 unspecified atom stereocenters. The monoisotopic (exact) mass is 373 g/mol. The highest BCUT2D eigenvalue weighted by Crippen LogP contribution is 2.42. The van der Waals surface area contributed by atoms with Crippen LogP contribution in [-0.2, 0) is 7.05 Å². The predicted molar refractivity (Wildman–Crippen MR) is 113 cm³/mol. The van der Waals surface area contributed by atoms with E-state index < -0.39 is 0 Å². The van der Waals surface area contributed by atoms with Crippen LogP contribution in [0, 0.1) is 0 Å². The van der Waals surface area contributed by atoms with Crippen LogP contribution < -0.4 is 14.2 Å². The van der Waals surface area contributed by atoms with Gasteiger partial charge in [-0.1, -0.05) is 12.1 Å². The summed E-state index contributed by atoms with van der Waals surface area (Å²) in [6, 6.07) is 22.6. The van der Waals surface area contributed by atoms with Gasteiger partial charge in [-0.3, -0.25) is 0 Å². The maximum Gasteiger partial charge on any atom is 0.120 e. The fraction of sp³-hybridized carbons (Fsp3) is 0.167. The van der Waals surface area contributed by atoms with Crippen molar-refractivity contribution < 1.29 is 14.2 Å². The van der Waals surface area contributed by atoms with Crippen molar-refractivity contribution >= 4 is 10.9 Å². The zero-order valence-corrected chi connectivity index (χ0v) is 16.5. The van der Waals surface area contributed by atoms with Crippen molar-refractivity contribution in [2.24, 2.45) is 7.05 Å². The summed E-state index contributed by atoms with van der Waals surface area (Å²) >= 11 is 0. The fourth-order valence-electron chi connectivity index (χ4n) is 3.68. The molecular weight excluding hydrogens is 350 g/mol. The minimum atomic E-state index is 0.843. The van der Waals surface area contributed by atoms with Crippen molar-refractivity contribution in [3.8, 4) is 39.6 Å². The van der Waals surface area contributed by atoms with Crippen molar-refractivity contribution in [2.75, 3.05) is 21.3 Å². The Hall–Kier alpha value is -3.40. The van der Waals surface area contributed by atoms with Gasteiger partial charge in [-0.2, -0.15) is 0 Å². The zero-order valence-electron chi connectivity index (χ0n) is 16.5. The van der Waals surface area contributed by atoms with Gasteiger partial charge >= 0.3 is 0 Å². The van der Waals surface area contributed by atoms with Crippen LogP contribution in [0.3, 0.4) is 0 Å². The van der Waals surface area contributed by atoms with Gasteiger partial charge in [-0.15, -0.1) is 0 Å². The highest BCUT2D eigenvalue weighted by molar-refractivity contribution is 6.05. The van der Waals surface area contributed by atoms with Gasteiger partial charge in [0.15, 0.2) is 0 Å². The standard InChI is InChI=1S/C24H23NO3/c1-25-22-15-20(28-4)13-14-21(22)23(16-5-9-18(26-2)10-6-16)24(25)17-7-11-19(27-3)12-8-17/h5-15H,1-4H3. The number of methoxy groups -OCH3 is 3. The molecule has 0 aliphatic carbocycles. The molecule has 1 aromatic heterocycles. The molecule has 0 aliphatic rings. The molecule has 0 atom stereocenters. The normalized spacial score (nSPS) is 10.9. The molecule has 28 heavy (non-hydrogen) atoms. The summed E-state index contributed by atoms with van der Waals surface area (Å²) in [6.07, 6.45) is 0. The van der Waals surface area contributed by atoms with Crippen molar-refractivity contribution in [1.82, 2.24) is 4.57 Å². The molecule has 0 amide bonds. The lowest BCUT2D eigenvalue weighted by Gasteiger charge is -2.10. The molecule has 0 radical (unpaired) electrons. The Morgan fingerprint density at radius 2 is 1.11 bits per heavy atom. The number of ether oxygens (including phenoxy) is 3. The second-order valence-electron chi connectivity index (χ2n) is 6.62. The molecule has 0 N–H and O–H groups in total. The van der Waals surface area contributed by atoms with Crippen molar-refractivity contribution in [3.05, 3.63) is 66.7 Å². The van der Waals surface area contributed by atoms with Crippen LogP contribution in [0.1, 0.15) is 0 Å². The molecule has 4 nitrogen and oxygen atoms in total. The minimum Gasteiger partial charge on any atom is -0.497 e. The molecule has 0 aliphatic heterocycles. The molecular formula is C24H23NO3. The molecule has 4 rings (SSSR count). The van der Waals surface area contributed by atoms with Crippen molar-refractivity contribution in [2.45, 2.75) is 0 Å². The summed E-state index contributed by atoms with van der Waals surface area (Å²) in [5.41, 5.74) is 5.73. The highest BCUT2D eigenvalue weighted by atomic mass is 16.5. The van der Waals surface area contributed by atoms with E-state index in [4.69, 9.17) is 14.2 Å². The van der Waals surface area contributed by atoms with Gasteiger partial charge in [-0.05, 0) is 59.7 Å². The van der Waals surface area contributed by atoms with Crippen LogP contribution >= 0.6 is 0 Å². The van der Waals surface area contributed by atoms with Crippen molar-refractivity contribution in [3.63, 3.8) is 0 Å². The van der Waals surface area contributed by atoms with E-state index in [1.165, 1.54) is 10.9 Å². The molecule has 3 aromatic carbocycles. The number of nitrogens with zero attached hydrogens (tertiary/aromatic N) is 1. The lowest BCUT2D eigenvalue weighted by atomic mass is 9.98. The van der Waals surface area contributed by atoms with Crippen LogP contribution in [0.4, 0.5) is 0 Å². The lowest BCUT2D eigenvalue weighted by Crippen LogP contribution is -1.93. The third-order valence-corrected chi connectivity index (χ3v) is 5.15.